The van der Waals surface area contributed by atoms with Gasteiger partial charge >= 0.3 is 0 Å². The molecule has 4 rings (SSSR count). The minimum atomic E-state index is -0.205. The van der Waals surface area contributed by atoms with E-state index in [1.165, 1.54) is 0 Å². The molecule has 3 heterocycles. The van der Waals surface area contributed by atoms with Crippen LogP contribution in [0.4, 0.5) is 0 Å². The maximum Gasteiger partial charge on any atom is 0.273 e. The molecular weight excluding hydrogens is 328 g/mol. The Morgan fingerprint density at radius 2 is 1.92 bits per heavy atom. The summed E-state index contributed by atoms with van der Waals surface area (Å²) in [5, 5.41) is 4.10. The van der Waals surface area contributed by atoms with Crippen LogP contribution in [0.15, 0.2) is 53.1 Å². The Morgan fingerprint density at radius 3 is 2.73 bits per heavy atom. The Labute approximate surface area is 151 Å². The predicted octanol–water partition coefficient (Wildman–Crippen LogP) is 3.81. The molecular formula is C20H20N4O2. The quantitative estimate of drug-likeness (QED) is 0.720. The third-order valence-corrected chi connectivity index (χ3v) is 4.63. The van der Waals surface area contributed by atoms with Gasteiger partial charge in [-0.1, -0.05) is 41.6 Å². The van der Waals surface area contributed by atoms with Crippen LogP contribution in [-0.4, -0.2) is 32.5 Å². The molecule has 1 aliphatic rings. The van der Waals surface area contributed by atoms with Gasteiger partial charge in [0.25, 0.3) is 5.91 Å². The zero-order valence-electron chi connectivity index (χ0n) is 14.6. The molecule has 0 N–H and O–H groups in total. The summed E-state index contributed by atoms with van der Waals surface area (Å²) < 4.78 is 5.52. The lowest BCUT2D eigenvalue weighted by Gasteiger charge is -2.33. The number of hydrogen-bond donors (Lipinski definition) is 0. The van der Waals surface area contributed by atoms with Crippen LogP contribution >= 0.6 is 0 Å². The topological polar surface area (TPSA) is 72.1 Å². The van der Waals surface area contributed by atoms with Crippen LogP contribution in [0.25, 0.3) is 11.4 Å². The molecule has 0 saturated carbocycles. The van der Waals surface area contributed by atoms with Crippen LogP contribution in [0.1, 0.15) is 47.4 Å². The highest BCUT2D eigenvalue weighted by molar-refractivity contribution is 5.92. The number of aromatic nitrogens is 3. The van der Waals surface area contributed by atoms with Crippen molar-refractivity contribution >= 4 is 5.91 Å². The summed E-state index contributed by atoms with van der Waals surface area (Å²) in [5.41, 5.74) is 2.18. The fraction of sp³-hybridized carbons (Fsp3) is 0.300. The molecule has 3 aromatic rings. The molecule has 1 saturated heterocycles. The van der Waals surface area contributed by atoms with Crippen molar-refractivity contribution in [3.8, 4) is 11.4 Å². The minimum Gasteiger partial charge on any atom is -0.337 e. The Bertz CT molecular complexity index is 907. The van der Waals surface area contributed by atoms with Crippen molar-refractivity contribution in [3.63, 3.8) is 0 Å². The first-order valence-electron chi connectivity index (χ1n) is 8.86. The Morgan fingerprint density at radius 1 is 1.08 bits per heavy atom. The smallest absolute Gasteiger partial charge is 0.273 e. The average molecular weight is 348 g/mol. The normalized spacial score (nSPS) is 17.3. The number of rotatable bonds is 3. The SMILES string of the molecule is Cc1cccc(C(=O)N2CCCC[C@H]2c2nc(-c3ccccc3)no2)n1. The van der Waals surface area contributed by atoms with E-state index < -0.39 is 0 Å². The van der Waals surface area contributed by atoms with Gasteiger partial charge in [-0.3, -0.25) is 4.79 Å². The van der Waals surface area contributed by atoms with Crippen molar-refractivity contribution in [1.82, 2.24) is 20.0 Å². The molecule has 1 amide bonds. The highest BCUT2D eigenvalue weighted by atomic mass is 16.5. The average Bonchev–Trinajstić information content (AvgIpc) is 3.18. The minimum absolute atomic E-state index is 0.0853. The van der Waals surface area contributed by atoms with E-state index in [0.29, 0.717) is 24.0 Å². The highest BCUT2D eigenvalue weighted by Gasteiger charge is 2.33. The Balaban J connectivity index is 1.62. The molecule has 2 aromatic heterocycles. The number of carbonyl (C=O) groups excluding carboxylic acids is 1. The van der Waals surface area contributed by atoms with Crippen LogP contribution < -0.4 is 0 Å². The van der Waals surface area contributed by atoms with Gasteiger partial charge in [0.05, 0.1) is 0 Å². The molecule has 6 nitrogen and oxygen atoms in total. The molecule has 6 heteroatoms. The van der Waals surface area contributed by atoms with Crippen LogP contribution in [0.5, 0.6) is 0 Å². The number of carbonyl (C=O) groups is 1. The fourth-order valence-corrected chi connectivity index (χ4v) is 3.32. The largest absolute Gasteiger partial charge is 0.337 e. The zero-order valence-corrected chi connectivity index (χ0v) is 14.6. The maximum absolute atomic E-state index is 13.0. The summed E-state index contributed by atoms with van der Waals surface area (Å²) in [6, 6.07) is 15.0. The van der Waals surface area contributed by atoms with Gasteiger partial charge in [-0.05, 0) is 38.3 Å². The van der Waals surface area contributed by atoms with Crippen LogP contribution in [0, 0.1) is 6.92 Å². The predicted molar refractivity (Wildman–Crippen MR) is 96.3 cm³/mol. The van der Waals surface area contributed by atoms with Crippen molar-refractivity contribution in [2.75, 3.05) is 6.54 Å². The van der Waals surface area contributed by atoms with Crippen molar-refractivity contribution in [3.05, 3.63) is 65.8 Å². The van der Waals surface area contributed by atoms with E-state index in [4.69, 9.17) is 4.52 Å². The number of hydrogen-bond acceptors (Lipinski definition) is 5. The van der Waals surface area contributed by atoms with Gasteiger partial charge in [0, 0.05) is 17.8 Å². The van der Waals surface area contributed by atoms with Crippen LogP contribution in [0.3, 0.4) is 0 Å². The van der Waals surface area contributed by atoms with Crippen LogP contribution in [0.2, 0.25) is 0 Å². The second-order valence-corrected chi connectivity index (χ2v) is 6.50. The zero-order chi connectivity index (χ0) is 17.9. The highest BCUT2D eigenvalue weighted by Crippen LogP contribution is 2.32. The molecule has 0 radical (unpaired) electrons. The van der Waals surface area contributed by atoms with Crippen molar-refractivity contribution in [2.24, 2.45) is 0 Å². The molecule has 1 aliphatic heterocycles. The van der Waals surface area contributed by atoms with Gasteiger partial charge in [-0.2, -0.15) is 4.98 Å². The third kappa shape index (κ3) is 3.22. The van der Waals surface area contributed by atoms with Crippen molar-refractivity contribution in [1.29, 1.82) is 0 Å². The van der Waals surface area contributed by atoms with E-state index in [2.05, 4.69) is 15.1 Å². The molecule has 1 atom stereocenters. The lowest BCUT2D eigenvalue weighted by Crippen LogP contribution is -2.39. The summed E-state index contributed by atoms with van der Waals surface area (Å²) >= 11 is 0. The second kappa shape index (κ2) is 7.07. The summed E-state index contributed by atoms with van der Waals surface area (Å²) in [7, 11) is 0. The monoisotopic (exact) mass is 348 g/mol. The van der Waals surface area contributed by atoms with E-state index in [0.717, 1.165) is 30.5 Å². The van der Waals surface area contributed by atoms with E-state index in [1.807, 2.05) is 54.3 Å². The first kappa shape index (κ1) is 16.4. The van der Waals surface area contributed by atoms with Gasteiger partial charge in [-0.15, -0.1) is 0 Å². The maximum atomic E-state index is 13.0. The number of aryl methyl sites for hydroxylation is 1. The number of benzene rings is 1. The summed E-state index contributed by atoms with van der Waals surface area (Å²) in [4.78, 5) is 23.7. The standard InChI is InChI=1S/C20H20N4O2/c1-14-8-7-11-16(21-14)20(25)24-13-6-5-12-17(24)19-22-18(23-26-19)15-9-3-2-4-10-15/h2-4,7-11,17H,5-6,12-13H2,1H3/t17-/m0/s1. The van der Waals surface area contributed by atoms with Crippen molar-refractivity contribution < 1.29 is 9.32 Å². The summed E-state index contributed by atoms with van der Waals surface area (Å²) in [5.74, 6) is 0.953. The first-order chi connectivity index (χ1) is 12.7. The van der Waals surface area contributed by atoms with Gasteiger partial charge in [-0.25, -0.2) is 4.98 Å². The molecule has 0 aliphatic carbocycles. The first-order valence-corrected chi connectivity index (χ1v) is 8.86. The Kier molecular flexibility index (Phi) is 4.48. The number of pyridine rings is 1. The van der Waals surface area contributed by atoms with E-state index >= 15 is 0 Å². The molecule has 132 valence electrons. The summed E-state index contributed by atoms with van der Waals surface area (Å²) in [6.45, 7) is 2.55. The van der Waals surface area contributed by atoms with Gasteiger partial charge in [0.15, 0.2) is 0 Å². The van der Waals surface area contributed by atoms with Gasteiger partial charge in [0.1, 0.15) is 11.7 Å². The lowest BCUT2D eigenvalue weighted by atomic mass is 10.0. The van der Waals surface area contributed by atoms with E-state index in [1.54, 1.807) is 6.07 Å². The van der Waals surface area contributed by atoms with Crippen molar-refractivity contribution in [2.45, 2.75) is 32.2 Å². The second-order valence-electron chi connectivity index (χ2n) is 6.50. The van der Waals surface area contributed by atoms with Gasteiger partial charge < -0.3 is 9.42 Å². The number of nitrogens with zero attached hydrogens (tertiary/aromatic N) is 4. The number of likely N-dealkylation sites (tertiary alicyclic amines) is 1. The molecule has 0 unspecified atom stereocenters. The molecule has 1 aromatic carbocycles. The molecule has 1 fully saturated rings. The summed E-state index contributed by atoms with van der Waals surface area (Å²) in [6.07, 6.45) is 2.81. The number of amides is 1. The molecule has 0 spiro atoms. The fourth-order valence-electron chi connectivity index (χ4n) is 3.32. The van der Waals surface area contributed by atoms with E-state index in [-0.39, 0.29) is 11.9 Å². The number of piperidine rings is 1. The van der Waals surface area contributed by atoms with Gasteiger partial charge in [0.2, 0.25) is 11.7 Å². The molecule has 0 bridgehead atoms. The Hall–Kier alpha value is -3.02. The lowest BCUT2D eigenvalue weighted by molar-refractivity contribution is 0.0555. The molecule has 26 heavy (non-hydrogen) atoms. The van der Waals surface area contributed by atoms with E-state index in [9.17, 15) is 4.79 Å². The third-order valence-electron chi connectivity index (χ3n) is 4.63. The van der Waals surface area contributed by atoms with Crippen LogP contribution in [-0.2, 0) is 0 Å².